The first-order chi connectivity index (χ1) is 5.33. The van der Waals surface area contributed by atoms with Crippen LogP contribution in [0.3, 0.4) is 0 Å². The smallest absolute Gasteiger partial charge is 0.151 e. The Morgan fingerprint density at radius 2 is 2.25 bits per heavy atom. The maximum Gasteiger partial charge on any atom is 0.151 e. The summed E-state index contributed by atoms with van der Waals surface area (Å²) in [6.45, 7) is 3.31. The summed E-state index contributed by atoms with van der Waals surface area (Å²) in [6, 6.07) is 0. The molecule has 0 atom stereocenters. The fourth-order valence-corrected chi connectivity index (χ4v) is 0.963. The minimum Gasteiger partial charge on any atom is -0.366 e. The molecular weight excluding hydrogens is 265 g/mol. The van der Waals surface area contributed by atoms with Gasteiger partial charge < -0.3 is 4.90 Å². The van der Waals surface area contributed by atoms with Crippen molar-refractivity contribution in [3.05, 3.63) is 24.4 Å². The molecule has 0 aromatic heterocycles. The fourth-order valence-electron chi connectivity index (χ4n) is 0.963. The Balaban J connectivity index is 0.00000121. The van der Waals surface area contributed by atoms with Crippen LogP contribution in [-0.4, -0.2) is 23.8 Å². The van der Waals surface area contributed by atoms with Gasteiger partial charge in [0.2, 0.25) is 0 Å². The molecule has 1 aliphatic heterocycles. The molecule has 0 aromatic rings. The van der Waals surface area contributed by atoms with E-state index in [1.54, 1.807) is 0 Å². The molecule has 0 spiro atoms. The van der Waals surface area contributed by atoms with Gasteiger partial charge in [-0.05, 0) is 12.3 Å². The number of ketones is 1. The van der Waals surface area contributed by atoms with E-state index in [2.05, 4.69) is 0 Å². The summed E-state index contributed by atoms with van der Waals surface area (Å²) in [5.74, 6) is 0.296. The third kappa shape index (κ3) is 3.90. The molecule has 3 heteroatoms. The Morgan fingerprint density at radius 3 is 2.75 bits per heavy atom. The second-order valence-electron chi connectivity index (χ2n) is 2.59. The lowest BCUT2D eigenvalue weighted by Crippen LogP contribution is -2.25. The number of allylic oxidation sites excluding steroid dienone is 2. The minimum atomic E-state index is 0. The number of rotatable bonds is 3. The summed E-state index contributed by atoms with van der Waals surface area (Å²) >= 11 is 0. The zero-order chi connectivity index (χ0) is 8.10. The number of Topliss-reactive ketones (excluding diaryl/α,β-unsaturated/α-hetero) is 1. The van der Waals surface area contributed by atoms with Crippen LogP contribution in [-0.2, 0) is 4.79 Å². The van der Waals surface area contributed by atoms with Crippen molar-refractivity contribution in [2.45, 2.75) is 13.3 Å². The number of nitrogens with zero attached hydrogens (tertiary/aromatic N) is 1. The summed E-state index contributed by atoms with van der Waals surface area (Å²) in [6.07, 6.45) is 8.57. The van der Waals surface area contributed by atoms with Crippen molar-refractivity contribution < 1.29 is 4.79 Å². The molecule has 0 saturated carbocycles. The highest BCUT2D eigenvalue weighted by Gasteiger charge is 2.03. The lowest BCUT2D eigenvalue weighted by Gasteiger charge is -2.18. The summed E-state index contributed by atoms with van der Waals surface area (Å²) in [4.78, 5) is 13.0. The molecule has 0 bridgehead atoms. The second-order valence-corrected chi connectivity index (χ2v) is 2.59. The molecule has 0 unspecified atom stereocenters. The van der Waals surface area contributed by atoms with E-state index in [0.29, 0.717) is 18.7 Å². The summed E-state index contributed by atoms with van der Waals surface area (Å²) in [5, 5.41) is 0. The van der Waals surface area contributed by atoms with Crippen LogP contribution >= 0.6 is 24.0 Å². The van der Waals surface area contributed by atoms with Gasteiger partial charge in [-0.1, -0.05) is 19.1 Å². The van der Waals surface area contributed by atoms with Crippen LogP contribution in [0.25, 0.3) is 0 Å². The third-order valence-corrected chi connectivity index (χ3v) is 1.66. The van der Waals surface area contributed by atoms with Crippen LogP contribution in [0, 0.1) is 0 Å². The number of carbonyl (C=O) groups excluding carboxylic acids is 1. The molecule has 0 aromatic carbocycles. The van der Waals surface area contributed by atoms with Gasteiger partial charge >= 0.3 is 0 Å². The van der Waals surface area contributed by atoms with Crippen molar-refractivity contribution in [1.82, 2.24) is 4.90 Å². The van der Waals surface area contributed by atoms with E-state index in [1.165, 1.54) is 0 Å². The van der Waals surface area contributed by atoms with Gasteiger partial charge in [-0.2, -0.15) is 0 Å². The first kappa shape index (κ1) is 11.7. The highest BCUT2D eigenvalue weighted by molar-refractivity contribution is 14.0. The molecule has 0 amide bonds. The Hall–Kier alpha value is -0.320. The molecule has 2 nitrogen and oxygen atoms in total. The van der Waals surface area contributed by atoms with Crippen LogP contribution in [0.2, 0.25) is 0 Å². The van der Waals surface area contributed by atoms with E-state index in [4.69, 9.17) is 0 Å². The van der Waals surface area contributed by atoms with E-state index in [9.17, 15) is 4.79 Å². The van der Waals surface area contributed by atoms with Crippen molar-refractivity contribution in [2.75, 3.05) is 13.1 Å². The highest BCUT2D eigenvalue weighted by atomic mass is 127. The molecule has 1 heterocycles. The van der Waals surface area contributed by atoms with E-state index in [1.807, 2.05) is 36.3 Å². The summed E-state index contributed by atoms with van der Waals surface area (Å²) < 4.78 is 0. The Kier molecular flexibility index (Phi) is 6.06. The first-order valence-electron chi connectivity index (χ1n) is 3.92. The average molecular weight is 279 g/mol. The average Bonchev–Trinajstić information content (AvgIpc) is 2.06. The molecular formula is C9H14INO. The molecule has 1 rings (SSSR count). The molecule has 0 fully saturated rings. The van der Waals surface area contributed by atoms with Gasteiger partial charge in [0.25, 0.3) is 0 Å². The van der Waals surface area contributed by atoms with Gasteiger partial charge in [0.05, 0.1) is 6.54 Å². The van der Waals surface area contributed by atoms with Gasteiger partial charge in [0, 0.05) is 13.0 Å². The van der Waals surface area contributed by atoms with E-state index in [-0.39, 0.29) is 24.0 Å². The Labute approximate surface area is 90.3 Å². The van der Waals surface area contributed by atoms with Crippen LogP contribution in [0.15, 0.2) is 24.4 Å². The Morgan fingerprint density at radius 1 is 1.50 bits per heavy atom. The van der Waals surface area contributed by atoms with Crippen molar-refractivity contribution in [3.8, 4) is 0 Å². The second kappa shape index (κ2) is 6.22. The predicted molar refractivity (Wildman–Crippen MR) is 60.6 cm³/mol. The molecule has 0 radical (unpaired) electrons. The SMILES string of the molecule is CCC(=O)CN1C=CC=CC1.I. The molecule has 0 N–H and O–H groups in total. The molecule has 0 aliphatic carbocycles. The van der Waals surface area contributed by atoms with Crippen molar-refractivity contribution in [1.29, 1.82) is 0 Å². The van der Waals surface area contributed by atoms with Gasteiger partial charge in [-0.3, -0.25) is 4.79 Å². The van der Waals surface area contributed by atoms with Crippen LogP contribution in [0.4, 0.5) is 0 Å². The number of hydrogen-bond donors (Lipinski definition) is 0. The van der Waals surface area contributed by atoms with E-state index in [0.717, 1.165) is 6.54 Å². The van der Waals surface area contributed by atoms with E-state index >= 15 is 0 Å². The van der Waals surface area contributed by atoms with Crippen LogP contribution in [0.5, 0.6) is 0 Å². The lowest BCUT2D eigenvalue weighted by molar-refractivity contribution is -0.119. The molecule has 12 heavy (non-hydrogen) atoms. The number of carbonyl (C=O) groups is 1. The Bertz CT molecular complexity index is 199. The van der Waals surface area contributed by atoms with Gasteiger partial charge in [-0.25, -0.2) is 0 Å². The lowest BCUT2D eigenvalue weighted by atomic mass is 10.2. The maximum atomic E-state index is 11.0. The van der Waals surface area contributed by atoms with Crippen molar-refractivity contribution in [2.24, 2.45) is 0 Å². The largest absolute Gasteiger partial charge is 0.366 e. The topological polar surface area (TPSA) is 20.3 Å². The standard InChI is InChI=1S/C9H13NO.HI/c1-2-9(11)8-10-6-4-3-5-7-10;/h3-6H,2,7-8H2,1H3;1H. The third-order valence-electron chi connectivity index (χ3n) is 1.66. The van der Waals surface area contributed by atoms with E-state index < -0.39 is 0 Å². The van der Waals surface area contributed by atoms with Crippen LogP contribution < -0.4 is 0 Å². The maximum absolute atomic E-state index is 11.0. The van der Waals surface area contributed by atoms with Crippen molar-refractivity contribution >= 4 is 29.8 Å². The highest BCUT2D eigenvalue weighted by Crippen LogP contribution is 1.98. The van der Waals surface area contributed by atoms with Crippen LogP contribution in [0.1, 0.15) is 13.3 Å². The van der Waals surface area contributed by atoms with Crippen molar-refractivity contribution in [3.63, 3.8) is 0 Å². The minimum absolute atomic E-state index is 0. The molecule has 68 valence electrons. The molecule has 1 aliphatic rings. The zero-order valence-corrected chi connectivity index (χ0v) is 9.52. The zero-order valence-electron chi connectivity index (χ0n) is 7.19. The fraction of sp³-hybridized carbons (Fsp3) is 0.444. The predicted octanol–water partition coefficient (Wildman–Crippen LogP) is 1.97. The van der Waals surface area contributed by atoms with Gasteiger partial charge in [0.15, 0.2) is 5.78 Å². The molecule has 0 saturated heterocycles. The van der Waals surface area contributed by atoms with Gasteiger partial charge in [-0.15, -0.1) is 24.0 Å². The first-order valence-corrected chi connectivity index (χ1v) is 3.92. The van der Waals surface area contributed by atoms with Gasteiger partial charge in [0.1, 0.15) is 0 Å². The number of halogens is 1. The summed E-state index contributed by atoms with van der Waals surface area (Å²) in [5.41, 5.74) is 0. The normalized spacial score (nSPS) is 14.2. The monoisotopic (exact) mass is 279 g/mol. The summed E-state index contributed by atoms with van der Waals surface area (Å²) in [7, 11) is 0. The number of hydrogen-bond acceptors (Lipinski definition) is 2. The quantitative estimate of drug-likeness (QED) is 0.736.